The molecule has 1 aliphatic heterocycles. The molecule has 2 heterocycles. The Morgan fingerprint density at radius 2 is 2.18 bits per heavy atom. The van der Waals surface area contributed by atoms with Crippen molar-refractivity contribution in [3.8, 4) is 0 Å². The Hall–Kier alpha value is -0.810. The summed E-state index contributed by atoms with van der Waals surface area (Å²) < 4.78 is 37.7. The van der Waals surface area contributed by atoms with Gasteiger partial charge in [0.05, 0.1) is 5.56 Å². The van der Waals surface area contributed by atoms with E-state index in [9.17, 15) is 13.2 Å². The molecular weight excluding hydrogens is 253 g/mol. The maximum absolute atomic E-state index is 12.6. The van der Waals surface area contributed by atoms with Crippen molar-refractivity contribution in [2.75, 3.05) is 13.1 Å². The predicted octanol–water partition coefficient (Wildman–Crippen LogP) is 3.22. The van der Waals surface area contributed by atoms with E-state index in [4.69, 9.17) is 11.6 Å². The maximum Gasteiger partial charge on any atom is 0.417 e. The number of nitrogens with zero attached hydrogens (tertiary/aromatic N) is 1. The molecule has 1 aromatic heterocycles. The van der Waals surface area contributed by atoms with Crippen molar-refractivity contribution in [1.82, 2.24) is 10.3 Å². The number of piperidine rings is 1. The maximum atomic E-state index is 12.6. The van der Waals surface area contributed by atoms with Gasteiger partial charge >= 0.3 is 6.18 Å². The molecule has 1 aliphatic rings. The Kier molecular flexibility index (Phi) is 3.58. The van der Waals surface area contributed by atoms with E-state index in [1.807, 2.05) is 0 Å². The van der Waals surface area contributed by atoms with Crippen molar-refractivity contribution < 1.29 is 13.2 Å². The molecule has 2 rings (SSSR count). The van der Waals surface area contributed by atoms with Crippen LogP contribution < -0.4 is 5.32 Å². The van der Waals surface area contributed by atoms with Crippen LogP contribution in [0.3, 0.4) is 0 Å². The van der Waals surface area contributed by atoms with Crippen molar-refractivity contribution in [2.24, 2.45) is 0 Å². The number of halogens is 4. The molecule has 6 heteroatoms. The third-order valence-electron chi connectivity index (χ3n) is 2.93. The average molecular weight is 265 g/mol. The Bertz CT molecular complexity index is 400. The van der Waals surface area contributed by atoms with Gasteiger partial charge in [-0.3, -0.25) is 0 Å². The number of pyridine rings is 1. The van der Waals surface area contributed by atoms with Crippen LogP contribution in [0.15, 0.2) is 12.3 Å². The first-order valence-corrected chi connectivity index (χ1v) is 5.79. The number of hydrogen-bond acceptors (Lipinski definition) is 2. The lowest BCUT2D eigenvalue weighted by atomic mass is 9.92. The van der Waals surface area contributed by atoms with Gasteiger partial charge in [-0.25, -0.2) is 4.98 Å². The number of rotatable bonds is 1. The molecule has 0 spiro atoms. The summed E-state index contributed by atoms with van der Waals surface area (Å²) in [5, 5.41) is 3.32. The van der Waals surface area contributed by atoms with Crippen LogP contribution in [0.5, 0.6) is 0 Å². The molecule has 94 valence electrons. The molecule has 0 bridgehead atoms. The second kappa shape index (κ2) is 4.82. The molecule has 2 nitrogen and oxygen atoms in total. The molecule has 0 aromatic carbocycles. The highest BCUT2D eigenvalue weighted by Gasteiger charge is 2.32. The standard InChI is InChI=1S/C11H12ClF3N2/c12-10-9(7-2-1-3-16-5-7)4-8(6-17-10)11(13,14)15/h4,6-7,16H,1-3,5H2. The van der Waals surface area contributed by atoms with Crippen LogP contribution in [0.1, 0.15) is 29.9 Å². The zero-order valence-electron chi connectivity index (χ0n) is 9.02. The van der Waals surface area contributed by atoms with Gasteiger partial charge in [-0.15, -0.1) is 0 Å². The SMILES string of the molecule is FC(F)(F)c1cnc(Cl)c(C2CCCNC2)c1. The molecule has 0 radical (unpaired) electrons. The lowest BCUT2D eigenvalue weighted by Crippen LogP contribution is -2.28. The fourth-order valence-corrected chi connectivity index (χ4v) is 2.28. The fourth-order valence-electron chi connectivity index (χ4n) is 2.02. The molecule has 17 heavy (non-hydrogen) atoms. The average Bonchev–Trinajstić information content (AvgIpc) is 2.29. The number of alkyl halides is 3. The molecule has 1 unspecified atom stereocenters. The third kappa shape index (κ3) is 2.90. The van der Waals surface area contributed by atoms with E-state index in [2.05, 4.69) is 10.3 Å². The summed E-state index contributed by atoms with van der Waals surface area (Å²) >= 11 is 5.87. The molecular formula is C11H12ClF3N2. The van der Waals surface area contributed by atoms with E-state index in [1.54, 1.807) is 0 Å². The highest BCUT2D eigenvalue weighted by Crippen LogP contribution is 2.34. The van der Waals surface area contributed by atoms with Crippen molar-refractivity contribution in [1.29, 1.82) is 0 Å². The van der Waals surface area contributed by atoms with Gasteiger partial charge in [0, 0.05) is 12.7 Å². The first kappa shape index (κ1) is 12.6. The molecule has 1 aromatic rings. The van der Waals surface area contributed by atoms with Gasteiger partial charge in [-0.05, 0) is 36.9 Å². The first-order chi connectivity index (χ1) is 7.98. The fraction of sp³-hybridized carbons (Fsp3) is 0.545. The van der Waals surface area contributed by atoms with Crippen LogP contribution in [0.4, 0.5) is 13.2 Å². The first-order valence-electron chi connectivity index (χ1n) is 5.42. The van der Waals surface area contributed by atoms with E-state index in [0.717, 1.165) is 31.6 Å². The Labute approximate surface area is 102 Å². The molecule has 1 saturated heterocycles. The monoisotopic (exact) mass is 264 g/mol. The molecule has 1 atom stereocenters. The molecule has 1 fully saturated rings. The van der Waals surface area contributed by atoms with E-state index in [0.29, 0.717) is 12.1 Å². The Balaban J connectivity index is 2.31. The minimum atomic E-state index is -4.37. The van der Waals surface area contributed by atoms with Gasteiger partial charge in [0.2, 0.25) is 0 Å². The van der Waals surface area contributed by atoms with Gasteiger partial charge in [0.15, 0.2) is 0 Å². The Morgan fingerprint density at radius 3 is 2.76 bits per heavy atom. The smallest absolute Gasteiger partial charge is 0.316 e. The predicted molar refractivity (Wildman–Crippen MR) is 59.1 cm³/mol. The van der Waals surface area contributed by atoms with Crippen molar-refractivity contribution in [2.45, 2.75) is 24.9 Å². The number of aromatic nitrogens is 1. The molecule has 0 amide bonds. The van der Waals surface area contributed by atoms with Crippen molar-refractivity contribution in [3.63, 3.8) is 0 Å². The number of nitrogens with one attached hydrogen (secondary N) is 1. The topological polar surface area (TPSA) is 24.9 Å². The van der Waals surface area contributed by atoms with Crippen LogP contribution in [0.2, 0.25) is 5.15 Å². The van der Waals surface area contributed by atoms with Gasteiger partial charge in [-0.1, -0.05) is 11.6 Å². The van der Waals surface area contributed by atoms with Crippen LogP contribution in [-0.4, -0.2) is 18.1 Å². The lowest BCUT2D eigenvalue weighted by Gasteiger charge is -2.24. The zero-order chi connectivity index (χ0) is 12.5. The summed E-state index contributed by atoms with van der Waals surface area (Å²) in [6.07, 6.45) is -1.80. The van der Waals surface area contributed by atoms with Crippen molar-refractivity contribution in [3.05, 3.63) is 28.5 Å². The summed E-state index contributed by atoms with van der Waals surface area (Å²) in [6, 6.07) is 1.12. The largest absolute Gasteiger partial charge is 0.417 e. The number of hydrogen-bond donors (Lipinski definition) is 1. The Morgan fingerprint density at radius 1 is 1.41 bits per heavy atom. The molecule has 0 saturated carbocycles. The van der Waals surface area contributed by atoms with E-state index in [1.165, 1.54) is 0 Å². The van der Waals surface area contributed by atoms with E-state index < -0.39 is 11.7 Å². The van der Waals surface area contributed by atoms with Gasteiger partial charge < -0.3 is 5.32 Å². The second-order valence-corrected chi connectivity index (χ2v) is 4.50. The van der Waals surface area contributed by atoms with Crippen LogP contribution in [0.25, 0.3) is 0 Å². The van der Waals surface area contributed by atoms with Gasteiger partial charge in [-0.2, -0.15) is 13.2 Å². The highest BCUT2D eigenvalue weighted by molar-refractivity contribution is 6.30. The van der Waals surface area contributed by atoms with Crippen LogP contribution in [0, 0.1) is 0 Å². The molecule has 1 N–H and O–H groups in total. The van der Waals surface area contributed by atoms with Crippen molar-refractivity contribution >= 4 is 11.6 Å². The van der Waals surface area contributed by atoms with Crippen LogP contribution in [-0.2, 0) is 6.18 Å². The van der Waals surface area contributed by atoms with E-state index in [-0.39, 0.29) is 11.1 Å². The van der Waals surface area contributed by atoms with Gasteiger partial charge in [0.25, 0.3) is 0 Å². The summed E-state index contributed by atoms with van der Waals surface area (Å²) in [6.45, 7) is 1.56. The lowest BCUT2D eigenvalue weighted by molar-refractivity contribution is -0.137. The quantitative estimate of drug-likeness (QED) is 0.788. The summed E-state index contributed by atoms with van der Waals surface area (Å²) in [7, 11) is 0. The summed E-state index contributed by atoms with van der Waals surface area (Å²) in [4.78, 5) is 3.64. The summed E-state index contributed by atoms with van der Waals surface area (Å²) in [5.74, 6) is 0.0195. The normalized spacial score (nSPS) is 21.5. The minimum absolute atomic E-state index is 0.0195. The van der Waals surface area contributed by atoms with Crippen LogP contribution >= 0.6 is 11.6 Å². The zero-order valence-corrected chi connectivity index (χ0v) is 9.78. The van der Waals surface area contributed by atoms with E-state index >= 15 is 0 Å². The summed E-state index contributed by atoms with van der Waals surface area (Å²) in [5.41, 5.74) is -0.240. The van der Waals surface area contributed by atoms with Gasteiger partial charge in [0.1, 0.15) is 5.15 Å². The third-order valence-corrected chi connectivity index (χ3v) is 3.25. The second-order valence-electron chi connectivity index (χ2n) is 4.15. The minimum Gasteiger partial charge on any atom is -0.316 e. The molecule has 0 aliphatic carbocycles. The highest BCUT2D eigenvalue weighted by atomic mass is 35.5.